The Bertz CT molecular complexity index is 2300. The SMILES string of the molecule is C=C[C@@H]1CC1(NC(=O)[C@@H]1C[C@@H](Oc2cc(-c3csc(NC(C)C)n3)nc3c(Cl)c(OCCN4CCOCC4(C)C)ccc23)CN1C(=O)[C@@H](NC(=O)O[C@@H]1CC[C@H](C)C1)C(C)(C)C)C(=O)OC. The van der Waals surface area contributed by atoms with Crippen molar-refractivity contribution in [3.8, 4) is 22.9 Å². The van der Waals surface area contributed by atoms with E-state index in [9.17, 15) is 19.2 Å². The molecule has 4 fully saturated rings. The number of alkyl carbamates (subject to hydrolysis) is 1. The molecule has 3 amide bonds. The average molecular weight is 953 g/mol. The van der Waals surface area contributed by atoms with Crippen molar-refractivity contribution in [3.63, 3.8) is 0 Å². The van der Waals surface area contributed by atoms with Crippen LogP contribution in [0.2, 0.25) is 5.02 Å². The molecule has 18 heteroatoms. The zero-order chi connectivity index (χ0) is 47.7. The van der Waals surface area contributed by atoms with Gasteiger partial charge in [0.2, 0.25) is 11.8 Å². The molecule has 7 atom stereocenters. The van der Waals surface area contributed by atoms with Gasteiger partial charge in [-0.15, -0.1) is 17.9 Å². The number of ether oxygens (including phenoxy) is 5. The number of pyridine rings is 1. The van der Waals surface area contributed by atoms with Crippen molar-refractivity contribution in [2.24, 2.45) is 17.3 Å². The number of nitrogens with zero attached hydrogens (tertiary/aromatic N) is 4. The van der Waals surface area contributed by atoms with Gasteiger partial charge in [0.1, 0.15) is 58.7 Å². The number of halogens is 1. The molecule has 3 N–H and O–H groups in total. The molecule has 2 aliphatic heterocycles. The second-order valence-corrected chi connectivity index (χ2v) is 21.4. The number of carbonyl (C=O) groups excluding carboxylic acids is 4. The van der Waals surface area contributed by atoms with Gasteiger partial charge < -0.3 is 44.5 Å². The number of esters is 1. The molecule has 3 aromatic rings. The third-order valence-corrected chi connectivity index (χ3v) is 14.2. The maximum Gasteiger partial charge on any atom is 0.408 e. The molecule has 7 rings (SSSR count). The summed E-state index contributed by atoms with van der Waals surface area (Å²) in [5, 5.41) is 12.6. The lowest BCUT2D eigenvalue weighted by Crippen LogP contribution is -2.59. The van der Waals surface area contributed by atoms with Crippen LogP contribution in [-0.2, 0) is 28.6 Å². The van der Waals surface area contributed by atoms with Crippen LogP contribution in [0, 0.1) is 17.3 Å². The number of carbonyl (C=O) groups is 4. The van der Waals surface area contributed by atoms with Crippen molar-refractivity contribution in [1.29, 1.82) is 0 Å². The number of fused-ring (bicyclic) bond motifs is 1. The maximum absolute atomic E-state index is 14.9. The molecule has 16 nitrogen and oxygen atoms in total. The van der Waals surface area contributed by atoms with Crippen LogP contribution in [0.25, 0.3) is 22.3 Å². The zero-order valence-electron chi connectivity index (χ0n) is 39.7. The summed E-state index contributed by atoms with van der Waals surface area (Å²) in [5.41, 5.74) is -0.717. The number of rotatable bonds is 16. The summed E-state index contributed by atoms with van der Waals surface area (Å²) in [4.78, 5) is 69.5. The first-order valence-electron chi connectivity index (χ1n) is 23.0. The summed E-state index contributed by atoms with van der Waals surface area (Å²) in [6.07, 6.45) is 2.75. The minimum atomic E-state index is -1.31. The number of hydrogen-bond donors (Lipinski definition) is 3. The predicted molar refractivity (Wildman–Crippen MR) is 254 cm³/mol. The Labute approximate surface area is 396 Å². The van der Waals surface area contributed by atoms with Gasteiger partial charge in [-0.1, -0.05) is 45.4 Å². The monoisotopic (exact) mass is 951 g/mol. The standard InChI is InChI=1S/C48H66ClN7O9S/c1-11-29-23-48(29,43(59)61-10)54-41(57)35-21-31(24-56(35)42(58)40(46(5,6)7)53-45(60)65-30-13-12-28(4)20-30)64-37-22-33(34-25-66-44(52-34)50-27(2)3)51-39-32(37)14-15-36(38(39)49)63-19-17-55-16-18-62-26-47(55,8)9/h11,14-15,22,25,27-31,35,40H,1,12-13,16-21,23-24,26H2,2-10H3,(H,50,52)(H,53,60)(H,54,57)/t28-,29+,30+,31+,35-,40+,48?/m0/s1. The summed E-state index contributed by atoms with van der Waals surface area (Å²) in [5.74, 6) is -0.704. The highest BCUT2D eigenvalue weighted by atomic mass is 35.5. The van der Waals surface area contributed by atoms with Crippen molar-refractivity contribution < 1.29 is 42.9 Å². The van der Waals surface area contributed by atoms with E-state index in [4.69, 9.17) is 45.3 Å². The van der Waals surface area contributed by atoms with Gasteiger partial charge in [-0.3, -0.25) is 14.5 Å². The van der Waals surface area contributed by atoms with Gasteiger partial charge >= 0.3 is 12.1 Å². The van der Waals surface area contributed by atoms with Crippen LogP contribution in [0.1, 0.15) is 87.5 Å². The van der Waals surface area contributed by atoms with E-state index >= 15 is 0 Å². The van der Waals surface area contributed by atoms with E-state index in [1.54, 1.807) is 18.2 Å². The zero-order valence-corrected chi connectivity index (χ0v) is 41.2. The summed E-state index contributed by atoms with van der Waals surface area (Å²) in [6.45, 7) is 23.0. The fourth-order valence-corrected chi connectivity index (χ4v) is 10.4. The molecule has 0 spiro atoms. The Morgan fingerprint density at radius 3 is 2.52 bits per heavy atom. The molecule has 66 heavy (non-hydrogen) atoms. The van der Waals surface area contributed by atoms with E-state index in [1.165, 1.54) is 23.3 Å². The van der Waals surface area contributed by atoms with E-state index in [0.29, 0.717) is 77.5 Å². The second kappa shape index (κ2) is 19.9. The summed E-state index contributed by atoms with van der Waals surface area (Å²) >= 11 is 8.62. The molecule has 1 unspecified atom stereocenters. The van der Waals surface area contributed by atoms with Crippen molar-refractivity contribution >= 4 is 62.8 Å². The molecule has 4 aliphatic rings. The number of methoxy groups -OCH3 is 1. The maximum atomic E-state index is 14.9. The fourth-order valence-electron chi connectivity index (χ4n) is 9.25. The Hall–Kier alpha value is -4.71. The number of anilines is 1. The molecule has 2 saturated carbocycles. The van der Waals surface area contributed by atoms with Gasteiger partial charge in [0, 0.05) is 53.8 Å². The van der Waals surface area contributed by atoms with E-state index in [1.807, 2.05) is 46.1 Å². The minimum absolute atomic E-state index is 0.0262. The topological polar surface area (TPSA) is 183 Å². The number of benzene rings is 1. The first-order chi connectivity index (χ1) is 31.2. The molecular formula is C48H66ClN7O9S. The largest absolute Gasteiger partial charge is 0.491 e. The van der Waals surface area contributed by atoms with Gasteiger partial charge in [0.15, 0.2) is 5.13 Å². The highest BCUT2D eigenvalue weighted by Gasteiger charge is 2.62. The number of amides is 3. The summed E-state index contributed by atoms with van der Waals surface area (Å²) in [6, 6.07) is 3.41. The Morgan fingerprint density at radius 1 is 1.09 bits per heavy atom. The number of hydrogen-bond acceptors (Lipinski definition) is 14. The lowest BCUT2D eigenvalue weighted by atomic mass is 9.85. The van der Waals surface area contributed by atoms with Gasteiger partial charge in [-0.05, 0) is 76.8 Å². The molecular weight excluding hydrogens is 886 g/mol. The van der Waals surface area contributed by atoms with Gasteiger partial charge in [0.05, 0.1) is 38.1 Å². The number of morpholine rings is 1. The number of likely N-dealkylation sites (tertiary alicyclic amines) is 1. The van der Waals surface area contributed by atoms with Crippen LogP contribution >= 0.6 is 22.9 Å². The van der Waals surface area contributed by atoms with Crippen molar-refractivity contribution in [1.82, 2.24) is 30.4 Å². The van der Waals surface area contributed by atoms with Crippen molar-refractivity contribution in [2.75, 3.05) is 51.9 Å². The smallest absolute Gasteiger partial charge is 0.408 e. The first-order valence-corrected chi connectivity index (χ1v) is 24.3. The van der Waals surface area contributed by atoms with Crippen molar-refractivity contribution in [3.05, 3.63) is 41.3 Å². The average Bonchev–Trinajstić information content (AvgIpc) is 3.57. The van der Waals surface area contributed by atoms with Gasteiger partial charge in [-0.25, -0.2) is 19.6 Å². The summed E-state index contributed by atoms with van der Waals surface area (Å²) < 4.78 is 29.8. The quantitative estimate of drug-likeness (QED) is 0.0967. The Balaban J connectivity index is 1.21. The lowest BCUT2D eigenvalue weighted by molar-refractivity contribution is -0.148. The first kappa shape index (κ1) is 49.2. The lowest BCUT2D eigenvalue weighted by Gasteiger charge is -2.41. The van der Waals surface area contributed by atoms with E-state index in [-0.39, 0.29) is 36.6 Å². The molecule has 0 bridgehead atoms. The normalized spacial score (nSPS) is 25.6. The Morgan fingerprint density at radius 2 is 1.86 bits per heavy atom. The highest BCUT2D eigenvalue weighted by molar-refractivity contribution is 7.14. The third kappa shape index (κ3) is 10.8. The van der Waals surface area contributed by atoms with Crippen molar-refractivity contribution in [2.45, 2.75) is 129 Å². The van der Waals surface area contributed by atoms with E-state index in [2.05, 4.69) is 48.2 Å². The van der Waals surface area contributed by atoms with Crippen LogP contribution in [-0.4, -0.2) is 132 Å². The van der Waals surface area contributed by atoms with Gasteiger partial charge in [0.25, 0.3) is 0 Å². The minimum Gasteiger partial charge on any atom is -0.491 e. The molecule has 1 aromatic carbocycles. The Kier molecular flexibility index (Phi) is 14.8. The fraction of sp³-hybridized carbons (Fsp3) is 0.625. The molecule has 0 radical (unpaired) electrons. The predicted octanol–water partition coefficient (Wildman–Crippen LogP) is 7.23. The molecule has 4 heterocycles. The third-order valence-electron chi connectivity index (χ3n) is 13.1. The van der Waals surface area contributed by atoms with Crippen LogP contribution in [0.3, 0.4) is 0 Å². The second-order valence-electron chi connectivity index (χ2n) is 20.2. The molecule has 2 aromatic heterocycles. The van der Waals surface area contributed by atoms with Crippen LogP contribution < -0.4 is 25.4 Å². The van der Waals surface area contributed by atoms with Crippen LogP contribution in [0.5, 0.6) is 11.5 Å². The molecule has 2 saturated heterocycles. The number of aromatic nitrogens is 2. The van der Waals surface area contributed by atoms with Crippen LogP contribution in [0.15, 0.2) is 36.2 Å². The van der Waals surface area contributed by atoms with Gasteiger partial charge in [-0.2, -0.15) is 0 Å². The molecule has 360 valence electrons. The number of nitrogens with one attached hydrogen (secondary N) is 3. The highest BCUT2D eigenvalue weighted by Crippen LogP contribution is 2.46. The van der Waals surface area contributed by atoms with E-state index < -0.39 is 53.0 Å². The van der Waals surface area contributed by atoms with E-state index in [0.717, 1.165) is 30.9 Å². The van der Waals surface area contributed by atoms with Crippen LogP contribution in [0.4, 0.5) is 9.93 Å². The number of thiazole rings is 1. The summed E-state index contributed by atoms with van der Waals surface area (Å²) in [7, 11) is 1.27. The molecule has 2 aliphatic carbocycles.